The zero-order valence-corrected chi connectivity index (χ0v) is 11.6. The minimum absolute atomic E-state index is 0.649. The number of esters is 1. The Morgan fingerprint density at radius 1 is 0.708 bits per heavy atom. The molecule has 13 heteroatoms. The Labute approximate surface area is 126 Å². The van der Waals surface area contributed by atoms with Crippen molar-refractivity contribution in [1.82, 2.24) is 0 Å². The summed E-state index contributed by atoms with van der Waals surface area (Å²) in [5.74, 6) is -45.5. The molecule has 0 aromatic rings. The van der Waals surface area contributed by atoms with Gasteiger partial charge in [0.2, 0.25) is 0 Å². The lowest BCUT2D eigenvalue weighted by Crippen LogP contribution is -2.84. The van der Waals surface area contributed by atoms with Gasteiger partial charge in [0.25, 0.3) is 0 Å². The summed E-state index contributed by atoms with van der Waals surface area (Å²) in [5.41, 5.74) is -0.914. The molecule has 1 saturated carbocycles. The first-order valence-corrected chi connectivity index (χ1v) is 5.81. The highest BCUT2D eigenvalue weighted by molar-refractivity contribution is 5.88. The lowest BCUT2D eigenvalue weighted by molar-refractivity contribution is -0.517. The number of hydrogen-bond acceptors (Lipinski definition) is 2. The quantitative estimate of drug-likeness (QED) is 0.405. The highest BCUT2D eigenvalue weighted by Gasteiger charge is 3.03. The van der Waals surface area contributed by atoms with Gasteiger partial charge >= 0.3 is 41.4 Å². The fourth-order valence-electron chi connectivity index (χ4n) is 1.65. The van der Waals surface area contributed by atoms with Gasteiger partial charge < -0.3 is 4.74 Å². The molecule has 1 aliphatic carbocycles. The summed E-state index contributed by atoms with van der Waals surface area (Å²) in [5, 5.41) is 0. The third-order valence-electron chi connectivity index (χ3n) is 3.37. The van der Waals surface area contributed by atoms with Crippen LogP contribution in [0, 0.1) is 0 Å². The van der Waals surface area contributed by atoms with E-state index in [4.69, 9.17) is 0 Å². The number of ether oxygens (including phenoxy) is 1. The highest BCUT2D eigenvalue weighted by atomic mass is 19.4. The van der Waals surface area contributed by atoms with Crippen molar-refractivity contribution in [3.05, 3.63) is 11.6 Å². The molecule has 1 aliphatic rings. The van der Waals surface area contributed by atoms with Gasteiger partial charge in [-0.25, -0.2) is 4.79 Å². The Kier molecular flexibility index (Phi) is 4.24. The second-order valence-corrected chi connectivity index (χ2v) is 4.83. The van der Waals surface area contributed by atoms with E-state index in [2.05, 4.69) is 4.74 Å². The van der Waals surface area contributed by atoms with Crippen molar-refractivity contribution in [3.8, 4) is 0 Å². The molecule has 0 radical (unpaired) electrons. The topological polar surface area (TPSA) is 26.3 Å². The van der Waals surface area contributed by atoms with Crippen molar-refractivity contribution in [2.75, 3.05) is 0 Å². The lowest BCUT2D eigenvalue weighted by Gasteiger charge is -2.51. The summed E-state index contributed by atoms with van der Waals surface area (Å²) in [6, 6.07) is 0. The maximum atomic E-state index is 13.9. The zero-order chi connectivity index (χ0) is 19.6. The predicted octanol–water partition coefficient (Wildman–Crippen LogP) is 4.35. The van der Waals surface area contributed by atoms with Gasteiger partial charge in [0.15, 0.2) is 0 Å². The Balaban J connectivity index is 3.72. The summed E-state index contributed by atoms with van der Waals surface area (Å²) < 4.78 is 148. The SMILES string of the molecule is C/C=C(\C)C(=O)OC1(F)C(F)(F)C(F)(F)C(F)(F)C(F)(F)C1(F)F. The van der Waals surface area contributed by atoms with E-state index in [9.17, 15) is 53.1 Å². The molecule has 0 N–H and O–H groups in total. The van der Waals surface area contributed by atoms with Crippen molar-refractivity contribution < 1.29 is 57.8 Å². The first-order valence-electron chi connectivity index (χ1n) is 5.81. The second kappa shape index (κ2) is 4.97. The Hall–Kier alpha value is -1.56. The van der Waals surface area contributed by atoms with Gasteiger partial charge in [0, 0.05) is 5.57 Å². The third kappa shape index (κ3) is 1.92. The van der Waals surface area contributed by atoms with E-state index in [1.165, 1.54) is 0 Å². The molecule has 0 heterocycles. The molecule has 0 unspecified atom stereocenters. The molecule has 1 fully saturated rings. The van der Waals surface area contributed by atoms with Gasteiger partial charge in [-0.2, -0.15) is 48.3 Å². The smallest absolute Gasteiger partial charge is 0.391 e. The van der Waals surface area contributed by atoms with Crippen LogP contribution in [0.15, 0.2) is 11.6 Å². The van der Waals surface area contributed by atoms with Crippen molar-refractivity contribution in [2.45, 2.75) is 49.3 Å². The second-order valence-electron chi connectivity index (χ2n) is 4.83. The normalized spacial score (nSPS) is 29.0. The zero-order valence-electron chi connectivity index (χ0n) is 11.6. The van der Waals surface area contributed by atoms with E-state index in [-0.39, 0.29) is 0 Å². The fraction of sp³-hybridized carbons (Fsp3) is 0.727. The number of alkyl halides is 11. The van der Waals surface area contributed by atoms with Crippen LogP contribution in [0.2, 0.25) is 0 Å². The molecule has 0 amide bonds. The van der Waals surface area contributed by atoms with Crippen LogP contribution in [-0.4, -0.2) is 41.4 Å². The highest BCUT2D eigenvalue weighted by Crippen LogP contribution is 2.69. The summed E-state index contributed by atoms with van der Waals surface area (Å²) >= 11 is 0. The van der Waals surface area contributed by atoms with Gasteiger partial charge in [-0.15, -0.1) is 0 Å². The van der Waals surface area contributed by atoms with Crippen LogP contribution in [0.4, 0.5) is 48.3 Å². The van der Waals surface area contributed by atoms with E-state index < -0.39 is 47.0 Å². The number of carbonyl (C=O) groups excluding carboxylic acids is 1. The van der Waals surface area contributed by atoms with Crippen LogP contribution in [0.5, 0.6) is 0 Å². The van der Waals surface area contributed by atoms with E-state index in [1.807, 2.05) is 0 Å². The van der Waals surface area contributed by atoms with E-state index >= 15 is 0 Å². The van der Waals surface area contributed by atoms with Gasteiger partial charge in [-0.1, -0.05) is 6.08 Å². The van der Waals surface area contributed by atoms with Crippen LogP contribution in [0.1, 0.15) is 13.8 Å². The molecule has 0 bridgehead atoms. The molecule has 24 heavy (non-hydrogen) atoms. The van der Waals surface area contributed by atoms with E-state index in [0.29, 0.717) is 13.0 Å². The first-order chi connectivity index (χ1) is 10.4. The number of halogens is 11. The fourth-order valence-corrected chi connectivity index (χ4v) is 1.65. The molecule has 0 saturated heterocycles. The molecular formula is C11H7F11O2. The van der Waals surface area contributed by atoms with Gasteiger partial charge in [-0.3, -0.25) is 0 Å². The molecule has 0 aromatic carbocycles. The monoisotopic (exact) mass is 380 g/mol. The van der Waals surface area contributed by atoms with Crippen LogP contribution in [-0.2, 0) is 9.53 Å². The molecular weight excluding hydrogens is 373 g/mol. The van der Waals surface area contributed by atoms with Crippen LogP contribution < -0.4 is 0 Å². The molecule has 1 rings (SSSR count). The van der Waals surface area contributed by atoms with Crippen LogP contribution in [0.3, 0.4) is 0 Å². The summed E-state index contributed by atoms with van der Waals surface area (Å²) in [7, 11) is 0. The molecule has 0 aliphatic heterocycles. The predicted molar refractivity (Wildman–Crippen MR) is 54.1 cm³/mol. The number of carbonyl (C=O) groups is 1. The lowest BCUT2D eigenvalue weighted by atomic mass is 9.78. The number of rotatable bonds is 2. The summed E-state index contributed by atoms with van der Waals surface area (Å²) in [6.07, 6.45) is 0.649. The minimum Gasteiger partial charge on any atom is -0.413 e. The first kappa shape index (κ1) is 20.5. The Morgan fingerprint density at radius 2 is 1.00 bits per heavy atom. The molecule has 2 nitrogen and oxygen atoms in total. The average Bonchev–Trinajstić information content (AvgIpc) is 2.43. The van der Waals surface area contributed by atoms with Crippen LogP contribution in [0.25, 0.3) is 0 Å². The Bertz CT molecular complexity index is 549. The molecule has 0 spiro atoms. The molecule has 140 valence electrons. The largest absolute Gasteiger partial charge is 0.413 e. The van der Waals surface area contributed by atoms with Gasteiger partial charge in [-0.05, 0) is 13.8 Å². The maximum absolute atomic E-state index is 13.9. The van der Waals surface area contributed by atoms with Crippen molar-refractivity contribution in [2.24, 2.45) is 0 Å². The third-order valence-corrected chi connectivity index (χ3v) is 3.37. The van der Waals surface area contributed by atoms with Crippen molar-refractivity contribution in [3.63, 3.8) is 0 Å². The molecule has 0 atom stereocenters. The molecule has 0 aromatic heterocycles. The van der Waals surface area contributed by atoms with E-state index in [1.54, 1.807) is 0 Å². The number of allylic oxidation sites excluding steroid dienone is 1. The average molecular weight is 380 g/mol. The van der Waals surface area contributed by atoms with Crippen molar-refractivity contribution in [1.29, 1.82) is 0 Å². The summed E-state index contributed by atoms with van der Waals surface area (Å²) in [4.78, 5) is 11.1. The van der Waals surface area contributed by atoms with Gasteiger partial charge in [0.05, 0.1) is 0 Å². The van der Waals surface area contributed by atoms with E-state index in [0.717, 1.165) is 6.92 Å². The minimum atomic E-state index is -7.34. The van der Waals surface area contributed by atoms with Crippen LogP contribution >= 0.6 is 0 Å². The van der Waals surface area contributed by atoms with Gasteiger partial charge in [0.1, 0.15) is 0 Å². The summed E-state index contributed by atoms with van der Waals surface area (Å²) in [6.45, 7) is 1.62. The van der Waals surface area contributed by atoms with Crippen molar-refractivity contribution >= 4 is 5.97 Å². The standard InChI is InChI=1S/C11H7F11O2/c1-3-4(2)5(23)24-11(22)9(18,19)7(14,15)6(12,13)8(16,17)10(11,20)21/h3H,1-2H3/b4-3+. The number of hydrogen-bond donors (Lipinski definition) is 0. The Morgan fingerprint density at radius 3 is 1.29 bits per heavy atom. The maximum Gasteiger partial charge on any atom is 0.391 e.